The normalized spacial score (nSPS) is 20.7. The summed E-state index contributed by atoms with van der Waals surface area (Å²) in [6.45, 7) is 0. The smallest absolute Gasteiger partial charge is 0.223 e. The van der Waals surface area contributed by atoms with Crippen molar-refractivity contribution < 1.29 is 0 Å². The second-order valence-electron chi connectivity index (χ2n) is 6.61. The van der Waals surface area contributed by atoms with E-state index < -0.39 is 0 Å². The summed E-state index contributed by atoms with van der Waals surface area (Å²) in [5.41, 5.74) is 14.8. The summed E-state index contributed by atoms with van der Waals surface area (Å²) in [6.07, 6.45) is 11.6. The van der Waals surface area contributed by atoms with Gasteiger partial charge in [0.15, 0.2) is 0 Å². The highest BCUT2D eigenvalue weighted by Crippen LogP contribution is 2.29. The number of hydrogen-bond acceptors (Lipinski definition) is 7. The summed E-state index contributed by atoms with van der Waals surface area (Å²) in [5.74, 6) is 0.995. The average Bonchev–Trinajstić information content (AvgIpc) is 3.03. The van der Waals surface area contributed by atoms with Crippen molar-refractivity contribution >= 4 is 22.7 Å². The molecule has 3 aromatic rings. The molecule has 0 radical (unpaired) electrons. The molecule has 0 amide bonds. The summed E-state index contributed by atoms with van der Waals surface area (Å²) in [7, 11) is 1.88. The SMILES string of the molecule is Cn1cc(-c2cnc(N)c3cnc(NC4CCCCC4N)nc23)cn1. The first-order chi connectivity index (χ1) is 12.1. The summed E-state index contributed by atoms with van der Waals surface area (Å²) in [6, 6.07) is 0.334. The van der Waals surface area contributed by atoms with E-state index in [4.69, 9.17) is 16.5 Å². The third kappa shape index (κ3) is 3.00. The third-order valence-electron chi connectivity index (χ3n) is 4.80. The minimum Gasteiger partial charge on any atom is -0.383 e. The van der Waals surface area contributed by atoms with Crippen LogP contribution in [0.3, 0.4) is 0 Å². The first kappa shape index (κ1) is 15.8. The maximum atomic E-state index is 6.23. The number of fused-ring (bicyclic) bond motifs is 1. The van der Waals surface area contributed by atoms with Gasteiger partial charge in [-0.15, -0.1) is 0 Å². The highest BCUT2D eigenvalue weighted by Gasteiger charge is 2.22. The monoisotopic (exact) mass is 338 g/mol. The molecule has 1 saturated carbocycles. The zero-order valence-corrected chi connectivity index (χ0v) is 14.2. The Morgan fingerprint density at radius 2 is 2.00 bits per heavy atom. The fourth-order valence-corrected chi connectivity index (χ4v) is 3.39. The standard InChI is InChI=1S/C17H22N8/c1-25-9-10(6-22-25)11-7-20-16(19)12-8-21-17(24-15(11)12)23-14-5-3-2-4-13(14)18/h6-9,13-14H,2-5,18H2,1H3,(H2,19,20)(H,21,23,24). The van der Waals surface area contributed by atoms with Gasteiger partial charge in [0.25, 0.3) is 0 Å². The van der Waals surface area contributed by atoms with Crippen molar-refractivity contribution in [3.05, 3.63) is 24.8 Å². The van der Waals surface area contributed by atoms with Crippen LogP contribution in [-0.4, -0.2) is 36.8 Å². The lowest BCUT2D eigenvalue weighted by Crippen LogP contribution is -2.42. The number of hydrogen-bond donors (Lipinski definition) is 3. The molecule has 2 atom stereocenters. The fourth-order valence-electron chi connectivity index (χ4n) is 3.39. The maximum Gasteiger partial charge on any atom is 0.223 e. The largest absolute Gasteiger partial charge is 0.383 e. The zero-order chi connectivity index (χ0) is 17.4. The van der Waals surface area contributed by atoms with Crippen molar-refractivity contribution in [2.75, 3.05) is 11.1 Å². The van der Waals surface area contributed by atoms with Crippen molar-refractivity contribution in [3.63, 3.8) is 0 Å². The molecule has 130 valence electrons. The van der Waals surface area contributed by atoms with Crippen LogP contribution in [0.2, 0.25) is 0 Å². The number of aryl methyl sites for hydroxylation is 1. The number of nitrogens with zero attached hydrogens (tertiary/aromatic N) is 5. The Morgan fingerprint density at radius 3 is 2.76 bits per heavy atom. The Balaban J connectivity index is 1.75. The van der Waals surface area contributed by atoms with Crippen molar-refractivity contribution in [3.8, 4) is 11.1 Å². The van der Waals surface area contributed by atoms with Crippen LogP contribution in [-0.2, 0) is 7.05 Å². The minimum absolute atomic E-state index is 0.133. The van der Waals surface area contributed by atoms with Crippen LogP contribution in [0.5, 0.6) is 0 Å². The number of pyridine rings is 1. The number of aromatic nitrogens is 5. The molecule has 0 aromatic carbocycles. The van der Waals surface area contributed by atoms with Gasteiger partial charge in [-0.3, -0.25) is 4.68 Å². The summed E-state index contributed by atoms with van der Waals surface area (Å²) >= 11 is 0. The molecule has 3 aromatic heterocycles. The lowest BCUT2D eigenvalue weighted by molar-refractivity contribution is 0.402. The van der Waals surface area contributed by atoms with Gasteiger partial charge >= 0.3 is 0 Å². The Labute approximate surface area is 145 Å². The van der Waals surface area contributed by atoms with E-state index in [2.05, 4.69) is 20.4 Å². The molecule has 0 saturated heterocycles. The van der Waals surface area contributed by atoms with E-state index in [9.17, 15) is 0 Å². The number of rotatable bonds is 3. The van der Waals surface area contributed by atoms with Gasteiger partial charge in [0, 0.05) is 48.8 Å². The van der Waals surface area contributed by atoms with Crippen LogP contribution in [0.25, 0.3) is 22.0 Å². The molecular formula is C17H22N8. The molecule has 2 unspecified atom stereocenters. The van der Waals surface area contributed by atoms with Gasteiger partial charge < -0.3 is 16.8 Å². The number of anilines is 2. The van der Waals surface area contributed by atoms with Crippen molar-refractivity contribution in [2.45, 2.75) is 37.8 Å². The second kappa shape index (κ2) is 6.29. The van der Waals surface area contributed by atoms with E-state index in [0.717, 1.165) is 34.9 Å². The molecule has 1 aliphatic rings. The van der Waals surface area contributed by atoms with Crippen LogP contribution in [0.4, 0.5) is 11.8 Å². The molecule has 1 aliphatic carbocycles. The minimum atomic E-state index is 0.133. The van der Waals surface area contributed by atoms with E-state index in [0.29, 0.717) is 11.8 Å². The van der Waals surface area contributed by atoms with Crippen molar-refractivity contribution in [2.24, 2.45) is 12.8 Å². The van der Waals surface area contributed by atoms with E-state index >= 15 is 0 Å². The molecular weight excluding hydrogens is 316 g/mol. The predicted molar refractivity (Wildman–Crippen MR) is 97.8 cm³/mol. The molecule has 8 nitrogen and oxygen atoms in total. The topological polar surface area (TPSA) is 121 Å². The number of nitrogens with one attached hydrogen (secondary N) is 1. The highest BCUT2D eigenvalue weighted by atomic mass is 15.2. The maximum absolute atomic E-state index is 6.23. The number of nitrogen functional groups attached to an aromatic ring is 1. The van der Waals surface area contributed by atoms with Crippen LogP contribution < -0.4 is 16.8 Å². The molecule has 5 N–H and O–H groups in total. The van der Waals surface area contributed by atoms with Crippen molar-refractivity contribution in [1.82, 2.24) is 24.7 Å². The van der Waals surface area contributed by atoms with Crippen LogP contribution in [0, 0.1) is 0 Å². The van der Waals surface area contributed by atoms with Crippen molar-refractivity contribution in [1.29, 1.82) is 0 Å². The van der Waals surface area contributed by atoms with E-state index in [1.54, 1.807) is 23.3 Å². The highest BCUT2D eigenvalue weighted by molar-refractivity contribution is 5.98. The predicted octanol–water partition coefficient (Wildman–Crippen LogP) is 1.69. The molecule has 0 aliphatic heterocycles. The fraction of sp³-hybridized carbons (Fsp3) is 0.412. The Morgan fingerprint density at radius 1 is 1.16 bits per heavy atom. The van der Waals surface area contributed by atoms with Gasteiger partial charge in [-0.05, 0) is 12.8 Å². The van der Waals surface area contributed by atoms with Crippen LogP contribution in [0.15, 0.2) is 24.8 Å². The van der Waals surface area contributed by atoms with E-state index in [1.165, 1.54) is 12.8 Å². The second-order valence-corrected chi connectivity index (χ2v) is 6.61. The van der Waals surface area contributed by atoms with Gasteiger partial charge in [-0.25, -0.2) is 15.0 Å². The molecule has 0 spiro atoms. The molecule has 25 heavy (non-hydrogen) atoms. The van der Waals surface area contributed by atoms with Gasteiger partial charge in [0.1, 0.15) is 5.82 Å². The molecule has 3 heterocycles. The first-order valence-corrected chi connectivity index (χ1v) is 8.54. The quantitative estimate of drug-likeness (QED) is 0.664. The Bertz CT molecular complexity index is 903. The summed E-state index contributed by atoms with van der Waals surface area (Å²) < 4.78 is 1.75. The third-order valence-corrected chi connectivity index (χ3v) is 4.80. The summed E-state index contributed by atoms with van der Waals surface area (Å²) in [5, 5.41) is 8.36. The summed E-state index contributed by atoms with van der Waals surface area (Å²) in [4.78, 5) is 13.4. The van der Waals surface area contributed by atoms with E-state index in [-0.39, 0.29) is 12.1 Å². The Hall–Kier alpha value is -2.74. The van der Waals surface area contributed by atoms with Gasteiger partial charge in [0.2, 0.25) is 5.95 Å². The lowest BCUT2D eigenvalue weighted by Gasteiger charge is -2.29. The van der Waals surface area contributed by atoms with Crippen LogP contribution >= 0.6 is 0 Å². The lowest BCUT2D eigenvalue weighted by atomic mass is 9.91. The van der Waals surface area contributed by atoms with E-state index in [1.807, 2.05) is 13.2 Å². The first-order valence-electron chi connectivity index (χ1n) is 8.54. The Kier molecular flexibility index (Phi) is 3.96. The number of nitrogens with two attached hydrogens (primary N) is 2. The van der Waals surface area contributed by atoms with Gasteiger partial charge in [-0.2, -0.15) is 5.10 Å². The average molecular weight is 338 g/mol. The molecule has 1 fully saturated rings. The zero-order valence-electron chi connectivity index (χ0n) is 14.2. The molecule has 8 heteroatoms. The van der Waals surface area contributed by atoms with Gasteiger partial charge in [-0.1, -0.05) is 12.8 Å². The molecule has 0 bridgehead atoms. The van der Waals surface area contributed by atoms with Gasteiger partial charge in [0.05, 0.1) is 17.1 Å². The molecule has 4 rings (SSSR count). The van der Waals surface area contributed by atoms with Crippen LogP contribution in [0.1, 0.15) is 25.7 Å².